The summed E-state index contributed by atoms with van der Waals surface area (Å²) in [4.78, 5) is 18.8. The van der Waals surface area contributed by atoms with E-state index in [1.54, 1.807) is 0 Å². The van der Waals surface area contributed by atoms with Gasteiger partial charge >= 0.3 is 0 Å². The Morgan fingerprint density at radius 1 is 1.25 bits per heavy atom. The predicted molar refractivity (Wildman–Crippen MR) is 77.2 cm³/mol. The monoisotopic (exact) mass is 271 g/mol. The fourth-order valence-electron chi connectivity index (χ4n) is 2.09. The molecule has 1 aliphatic rings. The molecule has 0 unspecified atom stereocenters. The van der Waals surface area contributed by atoms with E-state index in [2.05, 4.69) is 9.97 Å². The third-order valence-corrected chi connectivity index (χ3v) is 3.48. The summed E-state index contributed by atoms with van der Waals surface area (Å²) in [5.74, 6) is 2.11. The molecule has 20 heavy (non-hydrogen) atoms. The third kappa shape index (κ3) is 2.52. The molecule has 1 heterocycles. The lowest BCUT2D eigenvalue weighted by Gasteiger charge is -2.11. The number of aryl methyl sites for hydroxylation is 2. The molecule has 1 aromatic carbocycles. The third-order valence-electron chi connectivity index (χ3n) is 3.48. The molecule has 0 bridgehead atoms. The van der Waals surface area contributed by atoms with Crippen LogP contribution < -0.4 is 16.0 Å². The Morgan fingerprint density at radius 3 is 2.70 bits per heavy atom. The molecule has 0 radical (unpaired) electrons. The molecule has 0 saturated heterocycles. The van der Waals surface area contributed by atoms with E-state index >= 15 is 0 Å². The Bertz CT molecular complexity index is 718. The summed E-state index contributed by atoms with van der Waals surface area (Å²) >= 11 is 0. The Morgan fingerprint density at radius 2 is 2.00 bits per heavy atom. The van der Waals surface area contributed by atoms with E-state index in [-0.39, 0.29) is 5.56 Å². The number of ether oxygens (including phenoxy) is 1. The van der Waals surface area contributed by atoms with Crippen molar-refractivity contribution in [2.45, 2.75) is 32.6 Å². The second-order valence-electron chi connectivity index (χ2n) is 5.32. The van der Waals surface area contributed by atoms with Gasteiger partial charge in [-0.3, -0.25) is 4.79 Å². The first-order valence-corrected chi connectivity index (χ1v) is 6.69. The van der Waals surface area contributed by atoms with E-state index in [1.807, 2.05) is 26.0 Å². The molecule has 104 valence electrons. The number of nitrogens with two attached hydrogens (primary N) is 1. The van der Waals surface area contributed by atoms with Crippen molar-refractivity contribution < 1.29 is 4.74 Å². The maximum Gasteiger partial charge on any atom is 0.254 e. The molecule has 1 aromatic heterocycles. The highest BCUT2D eigenvalue weighted by atomic mass is 16.5. The molecule has 5 heteroatoms. The van der Waals surface area contributed by atoms with Crippen LogP contribution in [-0.2, 0) is 0 Å². The fourth-order valence-corrected chi connectivity index (χ4v) is 2.09. The van der Waals surface area contributed by atoms with E-state index in [9.17, 15) is 4.79 Å². The molecule has 1 aliphatic carbocycles. The molecular formula is C15H17N3O2. The number of aromatic nitrogens is 2. The smallest absolute Gasteiger partial charge is 0.254 e. The van der Waals surface area contributed by atoms with Crippen LogP contribution in [0.5, 0.6) is 11.6 Å². The molecule has 0 amide bonds. The van der Waals surface area contributed by atoms with Crippen molar-refractivity contribution in [2.24, 2.45) is 0 Å². The van der Waals surface area contributed by atoms with Gasteiger partial charge < -0.3 is 15.5 Å². The fraction of sp³-hybridized carbons (Fsp3) is 0.333. The second-order valence-corrected chi connectivity index (χ2v) is 5.32. The van der Waals surface area contributed by atoms with E-state index in [1.165, 1.54) is 6.07 Å². The van der Waals surface area contributed by atoms with E-state index in [0.29, 0.717) is 17.5 Å². The van der Waals surface area contributed by atoms with Gasteiger partial charge in [-0.2, -0.15) is 4.98 Å². The van der Waals surface area contributed by atoms with Gasteiger partial charge in [-0.25, -0.2) is 0 Å². The standard InChI is InChI=1S/C15H17N3O2/c1-8-6-12(9(2)5-11(8)16)20-14-7-13(19)17-15(18-14)10-3-4-10/h5-7,10H,3-4,16H2,1-2H3,(H,17,18,19). The van der Waals surface area contributed by atoms with Gasteiger partial charge in [0.15, 0.2) is 0 Å². The lowest BCUT2D eigenvalue weighted by molar-refractivity contribution is 0.454. The highest BCUT2D eigenvalue weighted by Gasteiger charge is 2.26. The van der Waals surface area contributed by atoms with Gasteiger partial charge in [0.25, 0.3) is 5.56 Å². The number of nitrogens with zero attached hydrogens (tertiary/aromatic N) is 1. The summed E-state index contributed by atoms with van der Waals surface area (Å²) in [6.07, 6.45) is 2.15. The highest BCUT2D eigenvalue weighted by molar-refractivity contribution is 5.54. The van der Waals surface area contributed by atoms with Gasteiger partial charge in [0.2, 0.25) is 5.88 Å². The Kier molecular flexibility index (Phi) is 2.97. The molecule has 2 aromatic rings. The van der Waals surface area contributed by atoms with Crippen LogP contribution in [0.4, 0.5) is 5.69 Å². The van der Waals surface area contributed by atoms with Gasteiger partial charge in [-0.15, -0.1) is 0 Å². The maximum atomic E-state index is 11.6. The number of hydrogen-bond acceptors (Lipinski definition) is 4. The molecule has 3 N–H and O–H groups in total. The SMILES string of the molecule is Cc1cc(Oc2cc(=O)[nH]c(C3CC3)n2)c(C)cc1N. The molecule has 0 spiro atoms. The topological polar surface area (TPSA) is 81.0 Å². The summed E-state index contributed by atoms with van der Waals surface area (Å²) in [5, 5.41) is 0. The van der Waals surface area contributed by atoms with Gasteiger partial charge in [0.05, 0.1) is 6.07 Å². The average molecular weight is 271 g/mol. The first-order chi connectivity index (χ1) is 9.52. The first kappa shape index (κ1) is 12.7. The zero-order chi connectivity index (χ0) is 14.3. The van der Waals surface area contributed by atoms with Crippen LogP contribution in [0.1, 0.15) is 35.7 Å². The van der Waals surface area contributed by atoms with E-state index in [0.717, 1.165) is 35.5 Å². The highest BCUT2D eigenvalue weighted by Crippen LogP contribution is 2.38. The van der Waals surface area contributed by atoms with Crippen molar-refractivity contribution in [1.29, 1.82) is 0 Å². The van der Waals surface area contributed by atoms with Crippen molar-refractivity contribution in [1.82, 2.24) is 9.97 Å². The number of nitrogens with one attached hydrogen (secondary N) is 1. The van der Waals surface area contributed by atoms with Crippen molar-refractivity contribution in [2.75, 3.05) is 5.73 Å². The zero-order valence-corrected chi connectivity index (χ0v) is 11.6. The average Bonchev–Trinajstić information content (AvgIpc) is 3.19. The van der Waals surface area contributed by atoms with Crippen LogP contribution in [0.25, 0.3) is 0 Å². The number of aromatic amines is 1. The van der Waals surface area contributed by atoms with Crippen LogP contribution >= 0.6 is 0 Å². The molecule has 1 fully saturated rings. The van der Waals surface area contributed by atoms with Crippen LogP contribution in [0.15, 0.2) is 23.0 Å². The minimum atomic E-state index is -0.179. The first-order valence-electron chi connectivity index (χ1n) is 6.69. The lowest BCUT2D eigenvalue weighted by Crippen LogP contribution is -2.10. The quantitative estimate of drug-likeness (QED) is 0.841. The minimum Gasteiger partial charge on any atom is -0.438 e. The summed E-state index contributed by atoms with van der Waals surface area (Å²) in [6.45, 7) is 3.84. The number of nitrogen functional groups attached to an aromatic ring is 1. The van der Waals surface area contributed by atoms with Crippen molar-refractivity contribution in [3.05, 3.63) is 45.5 Å². The lowest BCUT2D eigenvalue weighted by atomic mass is 10.1. The molecular weight excluding hydrogens is 254 g/mol. The summed E-state index contributed by atoms with van der Waals surface area (Å²) in [6, 6.07) is 5.10. The molecule has 0 aliphatic heterocycles. The minimum absolute atomic E-state index is 0.179. The molecule has 5 nitrogen and oxygen atoms in total. The number of hydrogen-bond donors (Lipinski definition) is 2. The van der Waals surface area contributed by atoms with Gasteiger partial charge in [-0.05, 0) is 49.9 Å². The van der Waals surface area contributed by atoms with Crippen LogP contribution in [0.2, 0.25) is 0 Å². The Hall–Kier alpha value is -2.30. The largest absolute Gasteiger partial charge is 0.438 e. The summed E-state index contributed by atoms with van der Waals surface area (Å²) in [7, 11) is 0. The predicted octanol–water partition coefficient (Wildman–Crippen LogP) is 2.64. The van der Waals surface area contributed by atoms with Crippen LogP contribution in [0, 0.1) is 13.8 Å². The van der Waals surface area contributed by atoms with Crippen LogP contribution in [-0.4, -0.2) is 9.97 Å². The molecule has 1 saturated carbocycles. The zero-order valence-electron chi connectivity index (χ0n) is 11.6. The number of benzene rings is 1. The van der Waals surface area contributed by atoms with Crippen molar-refractivity contribution >= 4 is 5.69 Å². The number of H-pyrrole nitrogens is 1. The summed E-state index contributed by atoms with van der Waals surface area (Å²) < 4.78 is 5.76. The van der Waals surface area contributed by atoms with Crippen LogP contribution in [0.3, 0.4) is 0 Å². The maximum absolute atomic E-state index is 11.6. The summed E-state index contributed by atoms with van der Waals surface area (Å²) in [5.41, 5.74) is 8.27. The number of anilines is 1. The molecule has 3 rings (SSSR count). The normalized spacial score (nSPS) is 14.3. The second kappa shape index (κ2) is 4.67. The Balaban J connectivity index is 1.95. The van der Waals surface area contributed by atoms with Gasteiger partial charge in [0.1, 0.15) is 11.6 Å². The van der Waals surface area contributed by atoms with Crippen molar-refractivity contribution in [3.8, 4) is 11.6 Å². The molecule has 0 atom stereocenters. The van der Waals surface area contributed by atoms with Gasteiger partial charge in [0, 0.05) is 11.6 Å². The van der Waals surface area contributed by atoms with Gasteiger partial charge in [-0.1, -0.05) is 0 Å². The Labute approximate surface area is 116 Å². The number of rotatable bonds is 3. The van der Waals surface area contributed by atoms with E-state index in [4.69, 9.17) is 10.5 Å². The van der Waals surface area contributed by atoms with E-state index < -0.39 is 0 Å². The van der Waals surface area contributed by atoms with Crippen molar-refractivity contribution in [3.63, 3.8) is 0 Å².